The van der Waals surface area contributed by atoms with Gasteiger partial charge in [0.2, 0.25) is 0 Å². The van der Waals surface area contributed by atoms with Crippen LogP contribution in [0, 0.1) is 0 Å². The Labute approximate surface area is 147 Å². The Morgan fingerprint density at radius 3 is 2.88 bits per heavy atom. The maximum Gasteiger partial charge on any atom is 0.165 e. The highest BCUT2D eigenvalue weighted by atomic mass is 16.3. The summed E-state index contributed by atoms with van der Waals surface area (Å²) in [6, 6.07) is 8.45. The summed E-state index contributed by atoms with van der Waals surface area (Å²) in [5.74, 6) is 0.944. The molecular formula is C19H23N5O. The van der Waals surface area contributed by atoms with Crippen LogP contribution >= 0.6 is 0 Å². The van der Waals surface area contributed by atoms with E-state index < -0.39 is 0 Å². The molecule has 2 aromatic heterocycles. The molecule has 0 aliphatic carbocycles. The minimum Gasteiger partial charge on any atom is -0.392 e. The van der Waals surface area contributed by atoms with Crippen molar-refractivity contribution in [3.63, 3.8) is 0 Å². The van der Waals surface area contributed by atoms with Crippen molar-refractivity contribution in [2.75, 3.05) is 11.4 Å². The third-order valence-electron chi connectivity index (χ3n) is 4.98. The first-order valence-electron chi connectivity index (χ1n) is 8.87. The number of aliphatic hydroxyl groups excluding tert-OH is 1. The molecule has 4 rings (SSSR count). The van der Waals surface area contributed by atoms with E-state index in [4.69, 9.17) is 0 Å². The molecule has 1 aromatic carbocycles. The number of hydrogen-bond donors (Lipinski definition) is 1. The van der Waals surface area contributed by atoms with Crippen molar-refractivity contribution >= 4 is 17.0 Å². The number of hydrogen-bond acceptors (Lipinski definition) is 5. The Morgan fingerprint density at radius 2 is 2.04 bits per heavy atom. The number of aromatic nitrogens is 4. The standard InChI is InChI=1S/C19H23N5O/c1-14-5-2-3-8-24(14)19-17-18(20-12-21-19)23(13-22-17)10-15-6-4-7-16(9-15)11-25/h4,6-7,9,12-14,25H,2-3,5,8,10-11H2,1H3. The number of rotatable bonds is 4. The van der Waals surface area contributed by atoms with Gasteiger partial charge in [-0.2, -0.15) is 0 Å². The lowest BCUT2D eigenvalue weighted by atomic mass is 10.0. The lowest BCUT2D eigenvalue weighted by Crippen LogP contribution is -2.38. The van der Waals surface area contributed by atoms with Gasteiger partial charge < -0.3 is 14.6 Å². The summed E-state index contributed by atoms with van der Waals surface area (Å²) in [6.45, 7) is 4.01. The second kappa shape index (κ2) is 6.80. The number of anilines is 1. The molecule has 1 fully saturated rings. The number of fused-ring (bicyclic) bond motifs is 1. The van der Waals surface area contributed by atoms with Crippen LogP contribution in [0.3, 0.4) is 0 Å². The van der Waals surface area contributed by atoms with Gasteiger partial charge in [0.25, 0.3) is 0 Å². The summed E-state index contributed by atoms with van der Waals surface area (Å²) in [7, 11) is 0. The second-order valence-corrected chi connectivity index (χ2v) is 6.76. The van der Waals surface area contributed by atoms with Crippen LogP contribution < -0.4 is 4.90 Å². The Hall–Kier alpha value is -2.47. The number of nitrogens with zero attached hydrogens (tertiary/aromatic N) is 5. The van der Waals surface area contributed by atoms with Crippen LogP contribution in [0.15, 0.2) is 36.9 Å². The van der Waals surface area contributed by atoms with E-state index in [9.17, 15) is 5.11 Å². The van der Waals surface area contributed by atoms with Crippen molar-refractivity contribution < 1.29 is 5.11 Å². The second-order valence-electron chi connectivity index (χ2n) is 6.76. The normalized spacial score (nSPS) is 18.0. The zero-order valence-corrected chi connectivity index (χ0v) is 14.5. The molecule has 0 spiro atoms. The van der Waals surface area contributed by atoms with E-state index in [2.05, 4.69) is 32.8 Å². The van der Waals surface area contributed by atoms with Crippen molar-refractivity contribution in [1.82, 2.24) is 19.5 Å². The van der Waals surface area contributed by atoms with E-state index in [1.807, 2.05) is 29.1 Å². The Kier molecular flexibility index (Phi) is 4.36. The van der Waals surface area contributed by atoms with E-state index in [-0.39, 0.29) is 6.61 Å². The van der Waals surface area contributed by atoms with Crippen molar-refractivity contribution in [1.29, 1.82) is 0 Å². The molecule has 0 radical (unpaired) electrons. The zero-order valence-electron chi connectivity index (χ0n) is 14.5. The van der Waals surface area contributed by atoms with Crippen LogP contribution in [0.1, 0.15) is 37.3 Å². The molecule has 3 heterocycles. The largest absolute Gasteiger partial charge is 0.392 e. The van der Waals surface area contributed by atoms with Crippen LogP contribution in [0.4, 0.5) is 5.82 Å². The van der Waals surface area contributed by atoms with Gasteiger partial charge in [0, 0.05) is 12.6 Å². The van der Waals surface area contributed by atoms with Gasteiger partial charge in [-0.15, -0.1) is 0 Å². The molecule has 1 N–H and O–H groups in total. The molecule has 1 saturated heterocycles. The minimum atomic E-state index is 0.0533. The maximum atomic E-state index is 9.32. The third kappa shape index (κ3) is 3.09. The predicted octanol–water partition coefficient (Wildman–Crippen LogP) is 2.75. The van der Waals surface area contributed by atoms with Gasteiger partial charge in [-0.05, 0) is 37.3 Å². The van der Waals surface area contributed by atoms with Gasteiger partial charge in [-0.25, -0.2) is 15.0 Å². The predicted molar refractivity (Wildman–Crippen MR) is 97.4 cm³/mol. The topological polar surface area (TPSA) is 67.1 Å². The molecule has 1 atom stereocenters. The average Bonchev–Trinajstić information content (AvgIpc) is 3.05. The highest BCUT2D eigenvalue weighted by Crippen LogP contribution is 2.28. The van der Waals surface area contributed by atoms with Crippen molar-refractivity contribution in [3.8, 4) is 0 Å². The van der Waals surface area contributed by atoms with Crippen LogP contribution in [-0.2, 0) is 13.2 Å². The van der Waals surface area contributed by atoms with E-state index in [1.54, 1.807) is 6.33 Å². The van der Waals surface area contributed by atoms with E-state index in [0.29, 0.717) is 12.6 Å². The van der Waals surface area contributed by atoms with Gasteiger partial charge in [0.1, 0.15) is 6.33 Å². The summed E-state index contributed by atoms with van der Waals surface area (Å²) in [6.07, 6.45) is 7.15. The minimum absolute atomic E-state index is 0.0533. The molecule has 1 aliphatic heterocycles. The van der Waals surface area contributed by atoms with E-state index in [1.165, 1.54) is 19.3 Å². The Balaban J connectivity index is 1.68. The molecule has 25 heavy (non-hydrogen) atoms. The Morgan fingerprint density at radius 1 is 1.16 bits per heavy atom. The molecule has 130 valence electrons. The van der Waals surface area contributed by atoms with E-state index in [0.717, 1.165) is 34.7 Å². The third-order valence-corrected chi connectivity index (χ3v) is 4.98. The molecule has 1 unspecified atom stereocenters. The van der Waals surface area contributed by atoms with Crippen molar-refractivity contribution in [3.05, 3.63) is 48.0 Å². The molecular weight excluding hydrogens is 314 g/mol. The quantitative estimate of drug-likeness (QED) is 0.793. The first kappa shape index (κ1) is 16.0. The van der Waals surface area contributed by atoms with Gasteiger partial charge in [0.15, 0.2) is 17.0 Å². The van der Waals surface area contributed by atoms with Gasteiger partial charge in [0.05, 0.1) is 19.5 Å². The van der Waals surface area contributed by atoms with Crippen LogP contribution in [0.2, 0.25) is 0 Å². The zero-order chi connectivity index (χ0) is 17.2. The fraction of sp³-hybridized carbons (Fsp3) is 0.421. The average molecular weight is 337 g/mol. The summed E-state index contributed by atoms with van der Waals surface area (Å²) in [4.78, 5) is 16.0. The number of benzene rings is 1. The molecule has 3 aromatic rings. The van der Waals surface area contributed by atoms with Crippen LogP contribution in [-0.4, -0.2) is 37.2 Å². The first-order valence-corrected chi connectivity index (χ1v) is 8.87. The van der Waals surface area contributed by atoms with Crippen LogP contribution in [0.5, 0.6) is 0 Å². The highest BCUT2D eigenvalue weighted by molar-refractivity contribution is 5.83. The summed E-state index contributed by atoms with van der Waals surface area (Å²) in [5.41, 5.74) is 3.77. The molecule has 0 amide bonds. The lowest BCUT2D eigenvalue weighted by molar-refractivity contribution is 0.281. The summed E-state index contributed by atoms with van der Waals surface area (Å²) < 4.78 is 2.05. The fourth-order valence-electron chi connectivity index (χ4n) is 3.63. The SMILES string of the molecule is CC1CCCCN1c1ncnc2c1ncn2Cc1cccc(CO)c1. The lowest BCUT2D eigenvalue weighted by Gasteiger charge is -2.34. The molecule has 6 nitrogen and oxygen atoms in total. The van der Waals surface area contributed by atoms with Crippen molar-refractivity contribution in [2.45, 2.75) is 45.4 Å². The number of aliphatic hydroxyl groups is 1. The van der Waals surface area contributed by atoms with Gasteiger partial charge in [-0.1, -0.05) is 24.3 Å². The summed E-state index contributed by atoms with van der Waals surface area (Å²) in [5, 5.41) is 9.32. The fourth-order valence-corrected chi connectivity index (χ4v) is 3.63. The Bertz CT molecular complexity index is 875. The van der Waals surface area contributed by atoms with Gasteiger partial charge in [-0.3, -0.25) is 0 Å². The molecule has 1 aliphatic rings. The summed E-state index contributed by atoms with van der Waals surface area (Å²) >= 11 is 0. The smallest absolute Gasteiger partial charge is 0.165 e. The highest BCUT2D eigenvalue weighted by Gasteiger charge is 2.23. The molecule has 0 bridgehead atoms. The first-order chi connectivity index (χ1) is 12.3. The molecule has 6 heteroatoms. The monoisotopic (exact) mass is 337 g/mol. The maximum absolute atomic E-state index is 9.32. The number of piperidine rings is 1. The van der Waals surface area contributed by atoms with Crippen molar-refractivity contribution in [2.24, 2.45) is 0 Å². The molecule has 0 saturated carbocycles. The van der Waals surface area contributed by atoms with Gasteiger partial charge >= 0.3 is 0 Å². The van der Waals surface area contributed by atoms with E-state index >= 15 is 0 Å². The van der Waals surface area contributed by atoms with Crippen LogP contribution in [0.25, 0.3) is 11.2 Å². The number of imidazole rings is 1.